The molecule has 0 spiro atoms. The maximum atomic E-state index is 11.8. The van der Waals surface area contributed by atoms with Crippen molar-refractivity contribution in [2.24, 2.45) is 10.9 Å². The van der Waals surface area contributed by atoms with Crippen LogP contribution in [0.2, 0.25) is 0 Å². The number of hydrogen-bond acceptors (Lipinski definition) is 10. The summed E-state index contributed by atoms with van der Waals surface area (Å²) in [4.78, 5) is 21.7. The summed E-state index contributed by atoms with van der Waals surface area (Å²) in [6.07, 6.45) is -3.01. The van der Waals surface area contributed by atoms with E-state index in [2.05, 4.69) is 67.9 Å². The molecule has 5 rings (SSSR count). The number of thiazole rings is 1. The smallest absolute Gasteiger partial charge is 0.394 e. The number of aromatic nitrogens is 10. The van der Waals surface area contributed by atoms with E-state index < -0.39 is 12.7 Å². The van der Waals surface area contributed by atoms with Crippen LogP contribution in [0.3, 0.4) is 0 Å². The third kappa shape index (κ3) is 15.7. The molecule has 12 nitrogen and oxygen atoms in total. The van der Waals surface area contributed by atoms with Crippen LogP contribution in [0.15, 0.2) is 4.99 Å². The topological polar surface area (TPSA) is 138 Å². The van der Waals surface area contributed by atoms with Gasteiger partial charge in [0.25, 0.3) is 0 Å². The van der Waals surface area contributed by atoms with Gasteiger partial charge in [0, 0.05) is 23.7 Å². The molecule has 1 atom stereocenters. The van der Waals surface area contributed by atoms with Gasteiger partial charge >= 0.3 is 6.18 Å². The summed E-state index contributed by atoms with van der Waals surface area (Å²) in [5, 5.41) is 21.5. The molecule has 0 fully saturated rings. The van der Waals surface area contributed by atoms with E-state index in [-0.39, 0.29) is 12.4 Å². The second-order valence-electron chi connectivity index (χ2n) is 10.9. The molecule has 4 aromatic rings. The van der Waals surface area contributed by atoms with Crippen molar-refractivity contribution in [3.8, 4) is 0 Å². The van der Waals surface area contributed by atoms with Crippen LogP contribution in [-0.4, -0.2) is 79.4 Å². The Bertz CT molecular complexity index is 1480. The normalized spacial score (nSPS) is 13.7. The van der Waals surface area contributed by atoms with Crippen molar-refractivity contribution in [1.29, 1.82) is 0 Å². The maximum Gasteiger partial charge on any atom is 0.408 e. The lowest BCUT2D eigenvalue weighted by molar-refractivity contribution is -0.143. The second-order valence-corrected chi connectivity index (χ2v) is 12.3. The van der Waals surface area contributed by atoms with Crippen LogP contribution in [0.4, 0.5) is 13.2 Å². The molecule has 1 aliphatic heterocycles. The largest absolute Gasteiger partial charge is 0.408 e. The van der Waals surface area contributed by atoms with Crippen molar-refractivity contribution in [3.05, 3.63) is 50.5 Å². The van der Waals surface area contributed by atoms with Crippen molar-refractivity contribution in [2.45, 2.75) is 115 Å². The molecule has 1 N–H and O–H groups in total. The minimum Gasteiger partial charge on any atom is -0.394 e. The first-order chi connectivity index (χ1) is 21.3. The molecule has 0 aromatic carbocycles. The molecule has 4 aromatic heterocycles. The van der Waals surface area contributed by atoms with Gasteiger partial charge in [-0.1, -0.05) is 6.92 Å². The fourth-order valence-corrected chi connectivity index (χ4v) is 5.01. The maximum absolute atomic E-state index is 11.8. The van der Waals surface area contributed by atoms with Crippen LogP contribution in [0, 0.1) is 68.2 Å². The lowest BCUT2D eigenvalue weighted by atomic mass is 10.1. The van der Waals surface area contributed by atoms with Crippen molar-refractivity contribution in [2.75, 3.05) is 13.2 Å². The van der Waals surface area contributed by atoms with Crippen LogP contribution in [0.1, 0.15) is 77.7 Å². The van der Waals surface area contributed by atoms with E-state index in [0.717, 1.165) is 47.0 Å². The van der Waals surface area contributed by atoms with E-state index in [1.54, 1.807) is 22.9 Å². The Kier molecular flexibility index (Phi) is 16.9. The van der Waals surface area contributed by atoms with Gasteiger partial charge in [-0.3, -0.25) is 9.67 Å². The number of hydrogen-bond donors (Lipinski definition) is 1. The number of alkyl halides is 3. The highest BCUT2D eigenvalue weighted by Gasteiger charge is 2.29. The number of aliphatic hydroxyl groups is 1. The molecule has 0 saturated carbocycles. The van der Waals surface area contributed by atoms with Crippen LogP contribution < -0.4 is 0 Å². The highest BCUT2D eigenvalue weighted by molar-refractivity contribution is 7.11. The molecular weight excluding hydrogens is 619 g/mol. The standard InChI is InChI=1S/C6H8F3N3.C6H11N3O.C6H11N3.C6H9NS.C6H11N/c1-4-10-5(2)12(11-4)3-6(7,8)9;1-5-7-6(2)9(8-5)3-4-10;1-4-9-6(3)7-5(2)8-9;1-4-5(2)8-6(3)7-4;1-5-3-6(2)7-4-5/h3H2,1-2H3;10H,3-4H2,1-2H3;4H2,1-3H3;1-3H3;5H,3-4H2,1-2H3/t;;;;5-/m....1/s1. The van der Waals surface area contributed by atoms with E-state index in [1.807, 2.05) is 46.2 Å². The van der Waals surface area contributed by atoms with Gasteiger partial charge in [0.2, 0.25) is 0 Å². The lowest BCUT2D eigenvalue weighted by Gasteiger charge is -2.06. The minimum atomic E-state index is -4.23. The molecule has 0 saturated heterocycles. The van der Waals surface area contributed by atoms with Crippen LogP contribution in [-0.2, 0) is 19.6 Å². The van der Waals surface area contributed by atoms with Gasteiger partial charge < -0.3 is 5.11 Å². The van der Waals surface area contributed by atoms with Gasteiger partial charge in [-0.05, 0) is 88.5 Å². The number of aliphatic hydroxyl groups excluding tert-OH is 1. The van der Waals surface area contributed by atoms with Gasteiger partial charge in [0.1, 0.15) is 41.5 Å². The zero-order valence-electron chi connectivity index (χ0n) is 29.2. The predicted octanol–water partition coefficient (Wildman–Crippen LogP) is 5.81. The second kappa shape index (κ2) is 19.2. The van der Waals surface area contributed by atoms with Crippen molar-refractivity contribution >= 4 is 17.0 Å². The molecule has 46 heavy (non-hydrogen) atoms. The Morgan fingerprint density at radius 1 is 0.761 bits per heavy atom. The van der Waals surface area contributed by atoms with E-state index in [1.165, 1.54) is 34.6 Å². The van der Waals surface area contributed by atoms with Crippen molar-refractivity contribution in [1.82, 2.24) is 49.3 Å². The molecule has 0 bridgehead atoms. The number of nitrogens with zero attached hydrogens (tertiary/aromatic N) is 11. The molecule has 0 radical (unpaired) electrons. The third-order valence-electron chi connectivity index (χ3n) is 6.28. The Labute approximate surface area is 274 Å². The number of halogens is 3. The summed E-state index contributed by atoms with van der Waals surface area (Å²) in [6, 6.07) is 0. The highest BCUT2D eigenvalue weighted by Crippen LogP contribution is 2.17. The van der Waals surface area contributed by atoms with Gasteiger partial charge in [-0.15, -0.1) is 11.3 Å². The Morgan fingerprint density at radius 2 is 1.24 bits per heavy atom. The molecular formula is C30H50F3N11OS. The summed E-state index contributed by atoms with van der Waals surface area (Å²) >= 11 is 1.76. The number of rotatable bonds is 4. The van der Waals surface area contributed by atoms with Gasteiger partial charge in [-0.25, -0.2) is 29.3 Å². The fraction of sp³-hybridized carbons (Fsp3) is 0.667. The SMILES string of the molecule is CC1=NC[C@H](C)C1.CCn1nc(C)nc1C.Cc1nc(C)c(C)s1.Cc1nc(C)n(CC(F)(F)F)n1.Cc1nc(C)n(CCO)n1. The van der Waals surface area contributed by atoms with Gasteiger partial charge in [-0.2, -0.15) is 28.5 Å². The summed E-state index contributed by atoms with van der Waals surface area (Å²) in [5.74, 6) is 4.92. The summed E-state index contributed by atoms with van der Waals surface area (Å²) < 4.78 is 39.9. The summed E-state index contributed by atoms with van der Waals surface area (Å²) in [7, 11) is 0. The zero-order chi connectivity index (χ0) is 35.2. The monoisotopic (exact) mass is 669 g/mol. The number of aliphatic imine (C=N–C) groups is 1. The van der Waals surface area contributed by atoms with E-state index in [0.29, 0.717) is 12.4 Å². The molecule has 0 aliphatic carbocycles. The summed E-state index contributed by atoms with van der Waals surface area (Å²) in [6.45, 7) is 24.7. The fourth-order valence-electron chi connectivity index (χ4n) is 4.19. The quantitative estimate of drug-likeness (QED) is 0.287. The van der Waals surface area contributed by atoms with E-state index in [4.69, 9.17) is 5.11 Å². The molecule has 16 heteroatoms. The summed E-state index contributed by atoms with van der Waals surface area (Å²) in [5.41, 5.74) is 2.50. The first-order valence-corrected chi connectivity index (χ1v) is 15.9. The van der Waals surface area contributed by atoms with Crippen LogP contribution >= 0.6 is 11.3 Å². The minimum absolute atomic E-state index is 0.115. The Hall–Kier alpha value is -3.53. The van der Waals surface area contributed by atoms with Crippen LogP contribution in [0.5, 0.6) is 0 Å². The molecule has 258 valence electrons. The van der Waals surface area contributed by atoms with E-state index in [9.17, 15) is 13.2 Å². The number of aryl methyl sites for hydroxylation is 10. The highest BCUT2D eigenvalue weighted by atomic mass is 32.1. The molecule has 0 amide bonds. The zero-order valence-corrected chi connectivity index (χ0v) is 30.0. The molecule has 5 heterocycles. The Morgan fingerprint density at radius 3 is 1.46 bits per heavy atom. The first-order valence-electron chi connectivity index (χ1n) is 15.1. The predicted molar refractivity (Wildman–Crippen MR) is 175 cm³/mol. The average molecular weight is 670 g/mol. The van der Waals surface area contributed by atoms with Gasteiger partial charge in [0.05, 0.1) is 23.9 Å². The molecule has 0 unspecified atom stereocenters. The van der Waals surface area contributed by atoms with Crippen molar-refractivity contribution in [3.63, 3.8) is 0 Å². The first kappa shape index (κ1) is 40.5. The Balaban J connectivity index is 0.000000291. The van der Waals surface area contributed by atoms with Gasteiger partial charge in [0.15, 0.2) is 0 Å². The third-order valence-corrected chi connectivity index (χ3v) is 7.27. The van der Waals surface area contributed by atoms with Crippen LogP contribution in [0.25, 0.3) is 0 Å². The van der Waals surface area contributed by atoms with E-state index >= 15 is 0 Å². The van der Waals surface area contributed by atoms with Crippen molar-refractivity contribution < 1.29 is 18.3 Å². The lowest BCUT2D eigenvalue weighted by Crippen LogP contribution is -2.19. The molecule has 1 aliphatic rings. The average Bonchev–Trinajstić information content (AvgIpc) is 3.71.